The molecule has 0 bridgehead atoms. The minimum atomic E-state index is -4.56. The van der Waals surface area contributed by atoms with Crippen LogP contribution in [0, 0.1) is 12.7 Å². The van der Waals surface area contributed by atoms with E-state index < -0.39 is 29.4 Å². The van der Waals surface area contributed by atoms with Crippen LogP contribution in [0.1, 0.15) is 27.0 Å². The molecule has 0 aliphatic heterocycles. The Kier molecular flexibility index (Phi) is 5.90. The highest BCUT2D eigenvalue weighted by atomic mass is 35.5. The zero-order valence-corrected chi connectivity index (χ0v) is 14.6. The van der Waals surface area contributed by atoms with E-state index in [1.807, 2.05) is 0 Å². The number of nitrogens with two attached hydrogens (primary N) is 1. The Morgan fingerprint density at radius 2 is 1.85 bits per heavy atom. The number of alkyl halides is 3. The Hall–Kier alpha value is -2.87. The minimum Gasteiger partial charge on any atom is -0.366 e. The molecule has 142 valence electrons. The summed E-state index contributed by atoms with van der Waals surface area (Å²) < 4.78 is 52.1. The zero-order valence-electron chi connectivity index (χ0n) is 13.8. The van der Waals surface area contributed by atoms with Gasteiger partial charge in [-0.3, -0.25) is 9.59 Å². The summed E-state index contributed by atoms with van der Waals surface area (Å²) in [7, 11) is 0. The molecule has 9 heteroatoms. The molecule has 0 atom stereocenters. The van der Waals surface area contributed by atoms with Gasteiger partial charge in [0.2, 0.25) is 11.8 Å². The third kappa shape index (κ3) is 5.07. The second-order valence-electron chi connectivity index (χ2n) is 5.55. The van der Waals surface area contributed by atoms with E-state index in [1.54, 1.807) is 0 Å². The van der Waals surface area contributed by atoms with Crippen molar-refractivity contribution in [2.75, 3.05) is 5.32 Å². The molecule has 0 saturated carbocycles. The summed E-state index contributed by atoms with van der Waals surface area (Å²) in [4.78, 5) is 23.2. The zero-order chi connectivity index (χ0) is 20.4. The molecular formula is C18H13ClF4N2O2. The monoisotopic (exact) mass is 400 g/mol. The quantitative estimate of drug-likeness (QED) is 0.583. The van der Waals surface area contributed by atoms with Crippen LogP contribution in [0.15, 0.2) is 36.4 Å². The van der Waals surface area contributed by atoms with Crippen molar-refractivity contribution in [3.05, 3.63) is 69.5 Å². The van der Waals surface area contributed by atoms with Crippen molar-refractivity contribution in [3.63, 3.8) is 0 Å². The molecule has 0 fully saturated rings. The summed E-state index contributed by atoms with van der Waals surface area (Å²) in [6, 6.07) is 4.82. The van der Waals surface area contributed by atoms with E-state index in [9.17, 15) is 27.2 Å². The number of hydrogen-bond donors (Lipinski definition) is 2. The Labute approximate surface area is 156 Å². The van der Waals surface area contributed by atoms with Gasteiger partial charge in [0.25, 0.3) is 0 Å². The van der Waals surface area contributed by atoms with Crippen molar-refractivity contribution in [2.45, 2.75) is 13.1 Å². The van der Waals surface area contributed by atoms with Crippen LogP contribution in [-0.4, -0.2) is 11.8 Å². The van der Waals surface area contributed by atoms with Crippen molar-refractivity contribution in [2.24, 2.45) is 5.73 Å². The highest BCUT2D eigenvalue weighted by Gasteiger charge is 2.30. The first kappa shape index (κ1) is 20.4. The standard InChI is InChI=1S/C18H13ClF4N2O2/c1-9-14(20)7-11(17(24)27)8-15(9)25-16(26)5-2-10-6-12(18(21,22)23)3-4-13(10)19/h2-8H,1H3,(H2,24,27)(H,25,26). The van der Waals surface area contributed by atoms with E-state index in [2.05, 4.69) is 5.32 Å². The third-order valence-corrected chi connectivity index (χ3v) is 3.97. The van der Waals surface area contributed by atoms with Crippen LogP contribution < -0.4 is 11.1 Å². The molecule has 0 saturated heterocycles. The molecule has 3 N–H and O–H groups in total. The van der Waals surface area contributed by atoms with Crippen molar-refractivity contribution in [1.29, 1.82) is 0 Å². The molecule has 0 heterocycles. The van der Waals surface area contributed by atoms with Crippen LogP contribution in [0.3, 0.4) is 0 Å². The van der Waals surface area contributed by atoms with Crippen LogP contribution in [-0.2, 0) is 11.0 Å². The molecule has 2 aromatic rings. The largest absolute Gasteiger partial charge is 0.416 e. The molecule has 27 heavy (non-hydrogen) atoms. The van der Waals surface area contributed by atoms with Gasteiger partial charge in [0.05, 0.1) is 5.56 Å². The summed E-state index contributed by atoms with van der Waals surface area (Å²) >= 11 is 5.84. The maximum Gasteiger partial charge on any atom is 0.416 e. The molecule has 0 aromatic heterocycles. The summed E-state index contributed by atoms with van der Waals surface area (Å²) in [5.74, 6) is -2.38. The number of nitrogens with one attached hydrogen (secondary N) is 1. The van der Waals surface area contributed by atoms with Gasteiger partial charge in [-0.2, -0.15) is 13.2 Å². The molecule has 2 amide bonds. The van der Waals surface area contributed by atoms with Gasteiger partial charge in [-0.1, -0.05) is 11.6 Å². The Balaban J connectivity index is 2.25. The number of benzene rings is 2. The summed E-state index contributed by atoms with van der Waals surface area (Å²) in [5.41, 5.74) is 4.09. The van der Waals surface area contributed by atoms with Crippen LogP contribution >= 0.6 is 11.6 Å². The summed E-state index contributed by atoms with van der Waals surface area (Å²) in [6.07, 6.45) is -2.52. The topological polar surface area (TPSA) is 72.2 Å². The number of carbonyl (C=O) groups excluding carboxylic acids is 2. The first-order valence-electron chi connectivity index (χ1n) is 7.45. The summed E-state index contributed by atoms with van der Waals surface area (Å²) in [5, 5.41) is 2.36. The van der Waals surface area contributed by atoms with Crippen molar-refractivity contribution < 1.29 is 27.2 Å². The molecule has 0 aliphatic rings. The van der Waals surface area contributed by atoms with Crippen LogP contribution in [0.5, 0.6) is 0 Å². The number of carbonyl (C=O) groups is 2. The Morgan fingerprint density at radius 3 is 2.44 bits per heavy atom. The van der Waals surface area contributed by atoms with E-state index >= 15 is 0 Å². The van der Waals surface area contributed by atoms with Crippen LogP contribution in [0.4, 0.5) is 23.2 Å². The molecule has 0 radical (unpaired) electrons. The number of amides is 2. The molecule has 4 nitrogen and oxygen atoms in total. The lowest BCUT2D eigenvalue weighted by Gasteiger charge is -2.10. The Morgan fingerprint density at radius 1 is 1.19 bits per heavy atom. The maximum absolute atomic E-state index is 13.8. The van der Waals surface area contributed by atoms with Crippen LogP contribution in [0.2, 0.25) is 5.02 Å². The molecule has 0 aliphatic carbocycles. The fourth-order valence-corrected chi connectivity index (χ4v) is 2.32. The van der Waals surface area contributed by atoms with E-state index in [0.717, 1.165) is 36.4 Å². The second kappa shape index (κ2) is 7.79. The minimum absolute atomic E-state index is 0.00795. The number of rotatable bonds is 4. The van der Waals surface area contributed by atoms with Crippen molar-refractivity contribution in [3.8, 4) is 0 Å². The van der Waals surface area contributed by atoms with Crippen molar-refractivity contribution >= 4 is 35.2 Å². The van der Waals surface area contributed by atoms with E-state index in [-0.39, 0.29) is 27.4 Å². The molecule has 0 unspecified atom stereocenters. The maximum atomic E-state index is 13.8. The van der Waals surface area contributed by atoms with Crippen LogP contribution in [0.25, 0.3) is 6.08 Å². The van der Waals surface area contributed by atoms with Gasteiger partial charge in [0.1, 0.15) is 5.82 Å². The molecule has 2 rings (SSSR count). The number of primary amides is 1. The fraction of sp³-hybridized carbons (Fsp3) is 0.111. The lowest BCUT2D eigenvalue weighted by molar-refractivity contribution is -0.137. The number of hydrogen-bond acceptors (Lipinski definition) is 2. The average Bonchev–Trinajstić information content (AvgIpc) is 2.56. The predicted molar refractivity (Wildman–Crippen MR) is 93.8 cm³/mol. The highest BCUT2D eigenvalue weighted by molar-refractivity contribution is 6.32. The normalized spacial score (nSPS) is 11.6. The molecule has 0 spiro atoms. The second-order valence-corrected chi connectivity index (χ2v) is 5.96. The lowest BCUT2D eigenvalue weighted by Crippen LogP contribution is -2.15. The SMILES string of the molecule is Cc1c(F)cc(C(N)=O)cc1NC(=O)C=Cc1cc(C(F)(F)F)ccc1Cl. The third-order valence-electron chi connectivity index (χ3n) is 3.62. The van der Waals surface area contributed by atoms with Gasteiger partial charge in [0, 0.05) is 27.9 Å². The number of anilines is 1. The molecular weight excluding hydrogens is 388 g/mol. The van der Waals surface area contributed by atoms with E-state index in [1.165, 1.54) is 13.0 Å². The van der Waals surface area contributed by atoms with E-state index in [4.69, 9.17) is 17.3 Å². The lowest BCUT2D eigenvalue weighted by atomic mass is 10.1. The van der Waals surface area contributed by atoms with Crippen molar-refractivity contribution in [1.82, 2.24) is 0 Å². The van der Waals surface area contributed by atoms with Gasteiger partial charge in [0.15, 0.2) is 0 Å². The number of halogens is 5. The summed E-state index contributed by atoms with van der Waals surface area (Å²) in [6.45, 7) is 1.38. The van der Waals surface area contributed by atoms with Gasteiger partial charge in [-0.25, -0.2) is 4.39 Å². The molecule has 2 aromatic carbocycles. The van der Waals surface area contributed by atoms with E-state index in [0.29, 0.717) is 0 Å². The van der Waals surface area contributed by atoms with Gasteiger partial charge in [-0.15, -0.1) is 0 Å². The van der Waals surface area contributed by atoms with Gasteiger partial charge in [-0.05, 0) is 48.9 Å². The fourth-order valence-electron chi connectivity index (χ4n) is 2.14. The predicted octanol–water partition coefficient (Wildman–Crippen LogP) is 4.56. The smallest absolute Gasteiger partial charge is 0.366 e. The first-order valence-corrected chi connectivity index (χ1v) is 7.82. The highest BCUT2D eigenvalue weighted by Crippen LogP contribution is 2.32. The average molecular weight is 401 g/mol. The van der Waals surface area contributed by atoms with Gasteiger partial charge >= 0.3 is 6.18 Å². The first-order chi connectivity index (χ1) is 12.5. The van der Waals surface area contributed by atoms with Gasteiger partial charge < -0.3 is 11.1 Å². The Bertz CT molecular complexity index is 940.